The second kappa shape index (κ2) is 8.33. The maximum atomic E-state index is 11.2. The molecule has 6 unspecified atom stereocenters. The molecule has 0 fully saturated rings. The molecule has 2 N–H and O–H groups in total. The van der Waals surface area contributed by atoms with Gasteiger partial charge in [-0.15, -0.1) is 0 Å². The highest BCUT2D eigenvalue weighted by Gasteiger charge is 2.22. The molecule has 0 aromatic rings. The van der Waals surface area contributed by atoms with Crippen molar-refractivity contribution in [3.8, 4) is 0 Å². The van der Waals surface area contributed by atoms with Crippen LogP contribution in [0.15, 0.2) is 0 Å². The van der Waals surface area contributed by atoms with Crippen LogP contribution in [-0.2, 0) is 4.57 Å². The lowest BCUT2D eigenvalue weighted by Gasteiger charge is -2.31. The minimum absolute atomic E-state index is 0.510. The monoisotopic (exact) mass is 318 g/mol. The van der Waals surface area contributed by atoms with E-state index in [-0.39, 0.29) is 0 Å². The zero-order chi connectivity index (χ0) is 9.61. The Hall–Kier alpha value is 3.16. The average molecular weight is 318 g/mol. The van der Waals surface area contributed by atoms with Crippen LogP contribution in [0.1, 0.15) is 0 Å². The molecule has 12 heavy (non-hydrogen) atoms. The summed E-state index contributed by atoms with van der Waals surface area (Å²) in [5, 5.41) is 0. The zero-order valence-electron chi connectivity index (χ0n) is 6.17. The average Bonchev–Trinajstić information content (AvgIpc) is 2.05. The largest absolute Gasteiger partial charge is 0.546 e. The third-order valence-corrected chi connectivity index (χ3v) is 34.8. The first-order valence-electron chi connectivity index (χ1n) is 2.63. The van der Waals surface area contributed by atoms with Crippen molar-refractivity contribution in [2.45, 2.75) is 0 Å². The van der Waals surface area contributed by atoms with Crippen LogP contribution in [0.4, 0.5) is 0 Å². The first kappa shape index (κ1) is 15.2. The van der Waals surface area contributed by atoms with Gasteiger partial charge in [0.1, 0.15) is 8.50 Å². The normalized spacial score (nSPS) is 23.7. The Morgan fingerprint density at radius 2 is 2.25 bits per heavy atom. The Kier molecular flexibility index (Phi) is 10.5. The smallest absolute Gasteiger partial charge is 0.267 e. The Bertz CT molecular complexity index is 158. The van der Waals surface area contributed by atoms with Crippen LogP contribution in [-0.4, -0.2) is 16.5 Å². The van der Waals surface area contributed by atoms with E-state index >= 15 is 0 Å². The van der Waals surface area contributed by atoms with Gasteiger partial charge in [0, 0.05) is 6.99 Å². The number of hydrogen-bond donors (Lipinski definition) is 2. The molecular formula is CH10O3P8-2. The summed E-state index contributed by atoms with van der Waals surface area (Å²) < 4.78 is 11.2. The summed E-state index contributed by atoms with van der Waals surface area (Å²) in [6, 6.07) is 0. The van der Waals surface area contributed by atoms with Gasteiger partial charge in [0.15, 0.2) is 0 Å². The predicted molar refractivity (Wildman–Crippen MR) is 73.4 cm³/mol. The van der Waals surface area contributed by atoms with Gasteiger partial charge in [-0.05, 0) is 0 Å². The fraction of sp³-hybridized carbons (Fsp3) is 1.00. The van der Waals surface area contributed by atoms with E-state index in [9.17, 15) is 9.46 Å². The summed E-state index contributed by atoms with van der Waals surface area (Å²) in [6.45, 7) is -2.04. The molecule has 3 nitrogen and oxygen atoms in total. The molecular weight excluding hydrogens is 308 g/mol. The maximum absolute atomic E-state index is 11.2. The van der Waals surface area contributed by atoms with Gasteiger partial charge in [0.05, 0.1) is 0 Å². The van der Waals surface area contributed by atoms with Crippen molar-refractivity contribution < 1.29 is 14.4 Å². The van der Waals surface area contributed by atoms with Crippen LogP contribution in [0.25, 0.3) is 0 Å². The highest BCUT2D eigenvalue weighted by Crippen LogP contribution is 2.97. The molecule has 0 saturated heterocycles. The maximum Gasteiger partial charge on any atom is 0.267 e. The summed E-state index contributed by atoms with van der Waals surface area (Å²) in [5.74, 6) is 0. The minimum Gasteiger partial charge on any atom is -0.546 e. The topological polar surface area (TPSA) is 57.5 Å². The van der Waals surface area contributed by atoms with E-state index in [0.717, 1.165) is 7.96 Å². The van der Waals surface area contributed by atoms with Crippen molar-refractivity contribution >= 4 is 63.3 Å². The highest BCUT2D eigenvalue weighted by atomic mass is 33.0. The predicted octanol–water partition coefficient (Wildman–Crippen LogP) is 4.48. The zero-order valence-corrected chi connectivity index (χ0v) is 13.9. The van der Waals surface area contributed by atoms with Crippen molar-refractivity contribution in [3.63, 3.8) is 0 Å². The molecule has 0 aromatic heterocycles. The van der Waals surface area contributed by atoms with Crippen molar-refractivity contribution in [2.24, 2.45) is 0 Å². The second-order valence-electron chi connectivity index (χ2n) is 1.52. The van der Waals surface area contributed by atoms with E-state index in [4.69, 9.17) is 4.89 Å². The molecule has 0 spiro atoms. The molecule has 0 saturated carbocycles. The molecule has 0 aromatic carbocycles. The molecule has 0 aliphatic carbocycles. The summed E-state index contributed by atoms with van der Waals surface area (Å²) in [7, 11) is 5.57. The highest BCUT2D eigenvalue weighted by molar-refractivity contribution is 8.95. The van der Waals surface area contributed by atoms with Crippen LogP contribution in [0.5, 0.6) is 0 Å². The van der Waals surface area contributed by atoms with E-state index in [1.54, 1.807) is 0 Å². The third-order valence-electron chi connectivity index (χ3n) is 0.725. The minimum atomic E-state index is -3.19. The molecule has 0 radical (unpaired) electrons. The molecule has 0 heterocycles. The summed E-state index contributed by atoms with van der Waals surface area (Å²) in [5.41, 5.74) is 0. The quantitative estimate of drug-likeness (QED) is 0.561. The van der Waals surface area contributed by atoms with Crippen molar-refractivity contribution in [1.29, 1.82) is 0 Å². The Labute approximate surface area is 84.5 Å². The van der Waals surface area contributed by atoms with Gasteiger partial charge in [-0.2, -0.15) is 6.66 Å². The molecule has 6 atom stereocenters. The van der Waals surface area contributed by atoms with Crippen LogP contribution >= 0.6 is 63.3 Å². The molecule has 11 heteroatoms. The Balaban J connectivity index is 3.71. The van der Waals surface area contributed by atoms with Crippen molar-refractivity contribution in [1.82, 2.24) is 0 Å². The third kappa shape index (κ3) is 6.61. The SMILES string of the molecule is C[P-]P[P-]PP(P)P(=O)(O)PO. The van der Waals surface area contributed by atoms with Crippen LogP contribution < -0.4 is 0 Å². The lowest BCUT2D eigenvalue weighted by Crippen LogP contribution is -1.56. The Morgan fingerprint density at radius 1 is 1.67 bits per heavy atom. The van der Waals surface area contributed by atoms with Gasteiger partial charge < -0.3 is 34.0 Å². The van der Waals surface area contributed by atoms with Crippen LogP contribution in [0.3, 0.4) is 0 Å². The van der Waals surface area contributed by atoms with Crippen molar-refractivity contribution in [2.75, 3.05) is 6.66 Å². The molecule has 0 rings (SSSR count). The van der Waals surface area contributed by atoms with E-state index in [0.29, 0.717) is 7.96 Å². The van der Waals surface area contributed by atoms with Crippen LogP contribution in [0.2, 0.25) is 0 Å². The van der Waals surface area contributed by atoms with Gasteiger partial charge in [0.25, 0.3) is 6.75 Å². The van der Waals surface area contributed by atoms with Gasteiger partial charge in [-0.3, -0.25) is 4.57 Å². The summed E-state index contributed by atoms with van der Waals surface area (Å²) in [4.78, 5) is 17.9. The lowest BCUT2D eigenvalue weighted by molar-refractivity contribution is 0.508. The van der Waals surface area contributed by atoms with Gasteiger partial charge in [0.2, 0.25) is 0 Å². The fourth-order valence-corrected chi connectivity index (χ4v) is 34.4. The van der Waals surface area contributed by atoms with Crippen LogP contribution in [0, 0.1) is 0 Å². The molecule has 0 bridgehead atoms. The standard InChI is InChI=1S/CH10O3P8/c1-6-8-9-10-11(5)12(3,4)7-2/h2,7-8,10H,5H2,1H3,(H,3,4)/q-2. The van der Waals surface area contributed by atoms with E-state index in [1.807, 2.05) is 0 Å². The summed E-state index contributed by atoms with van der Waals surface area (Å²) >= 11 is 0. The first-order valence-corrected chi connectivity index (χ1v) is 17.3. The van der Waals surface area contributed by atoms with E-state index in [1.165, 1.54) is 16.2 Å². The molecule has 0 amide bonds. The lowest BCUT2D eigenvalue weighted by atomic mass is 12.0. The summed E-state index contributed by atoms with van der Waals surface area (Å²) in [6.07, 6.45) is 0. The Morgan fingerprint density at radius 3 is 2.67 bits per heavy atom. The number of hydrogen-bond acceptors (Lipinski definition) is 2. The molecule has 74 valence electrons. The first-order chi connectivity index (χ1) is 5.54. The van der Waals surface area contributed by atoms with Gasteiger partial charge >= 0.3 is 0 Å². The molecule has 0 aliphatic rings. The fourth-order valence-electron chi connectivity index (χ4n) is 0.232. The van der Waals surface area contributed by atoms with Crippen molar-refractivity contribution in [3.05, 3.63) is 0 Å². The van der Waals surface area contributed by atoms with E-state index in [2.05, 4.69) is 15.6 Å². The van der Waals surface area contributed by atoms with E-state index < -0.39 is 22.2 Å². The number of rotatable bonds is 6. The van der Waals surface area contributed by atoms with Gasteiger partial charge in [-0.1, -0.05) is 8.93 Å². The van der Waals surface area contributed by atoms with Gasteiger partial charge in [-0.25, -0.2) is 7.96 Å². The molecule has 0 aliphatic heterocycles. The second-order valence-corrected chi connectivity index (χ2v) is 26.8.